The van der Waals surface area contributed by atoms with Crippen molar-refractivity contribution in [2.24, 2.45) is 5.92 Å². The lowest BCUT2D eigenvalue weighted by Gasteiger charge is -2.17. The predicted octanol–water partition coefficient (Wildman–Crippen LogP) is 3.22. The molecule has 0 aliphatic carbocycles. The number of thiophene rings is 1. The van der Waals surface area contributed by atoms with E-state index in [1.807, 2.05) is 6.92 Å². The molecule has 0 fully saturated rings. The summed E-state index contributed by atoms with van der Waals surface area (Å²) in [7, 11) is -1.67. The number of sulfonamides is 1. The first-order chi connectivity index (χ1) is 9.78. The molecule has 0 aliphatic heterocycles. The number of nitrogens with zero attached hydrogens (tertiary/aromatic N) is 1. The molecule has 0 saturated heterocycles. The highest BCUT2D eigenvalue weighted by molar-refractivity contribution is 7.91. The fourth-order valence-electron chi connectivity index (χ4n) is 1.88. The van der Waals surface area contributed by atoms with Gasteiger partial charge in [0.05, 0.1) is 0 Å². The molecule has 6 heteroatoms. The van der Waals surface area contributed by atoms with E-state index in [0.717, 1.165) is 36.4 Å². The van der Waals surface area contributed by atoms with Gasteiger partial charge < -0.3 is 5.32 Å². The van der Waals surface area contributed by atoms with Crippen molar-refractivity contribution in [2.75, 3.05) is 20.1 Å². The van der Waals surface area contributed by atoms with Gasteiger partial charge >= 0.3 is 0 Å². The summed E-state index contributed by atoms with van der Waals surface area (Å²) in [4.78, 5) is 1.11. The fourth-order valence-corrected chi connectivity index (χ4v) is 4.84. The van der Waals surface area contributed by atoms with E-state index in [0.29, 0.717) is 16.7 Å². The van der Waals surface area contributed by atoms with Crippen LogP contribution >= 0.6 is 11.3 Å². The molecule has 0 atom stereocenters. The number of hydrogen-bond donors (Lipinski definition) is 1. The van der Waals surface area contributed by atoms with Gasteiger partial charge in [0.2, 0.25) is 0 Å². The van der Waals surface area contributed by atoms with Crippen molar-refractivity contribution in [3.8, 4) is 0 Å². The first-order valence-corrected chi connectivity index (χ1v) is 9.81. The van der Waals surface area contributed by atoms with Gasteiger partial charge in [0.25, 0.3) is 10.0 Å². The summed E-state index contributed by atoms with van der Waals surface area (Å²) in [6.45, 7) is 10.6. The zero-order valence-electron chi connectivity index (χ0n) is 13.8. The molecular formula is C15H28N2O2S2. The van der Waals surface area contributed by atoms with Crippen LogP contribution in [-0.4, -0.2) is 32.9 Å². The molecule has 0 aromatic carbocycles. The minimum Gasteiger partial charge on any atom is -0.312 e. The Balaban J connectivity index is 2.81. The van der Waals surface area contributed by atoms with Crippen molar-refractivity contribution in [1.29, 1.82) is 0 Å². The van der Waals surface area contributed by atoms with E-state index in [1.54, 1.807) is 13.1 Å². The first kappa shape index (κ1) is 18.6. The summed E-state index contributed by atoms with van der Waals surface area (Å²) in [6.07, 6.45) is 1.96. The largest absolute Gasteiger partial charge is 0.312 e. The van der Waals surface area contributed by atoms with Crippen LogP contribution in [0.15, 0.2) is 10.3 Å². The first-order valence-electron chi connectivity index (χ1n) is 7.55. The number of nitrogens with one attached hydrogen (secondary N) is 1. The summed E-state index contributed by atoms with van der Waals surface area (Å²) in [5.41, 5.74) is 1.06. The highest BCUT2D eigenvalue weighted by atomic mass is 32.2. The van der Waals surface area contributed by atoms with E-state index in [2.05, 4.69) is 26.1 Å². The molecule has 0 amide bonds. The van der Waals surface area contributed by atoms with E-state index < -0.39 is 10.0 Å². The second kappa shape index (κ2) is 8.27. The average molecular weight is 333 g/mol. The molecule has 0 unspecified atom stereocenters. The van der Waals surface area contributed by atoms with Crippen molar-refractivity contribution in [2.45, 2.75) is 51.3 Å². The number of rotatable bonds is 9. The summed E-state index contributed by atoms with van der Waals surface area (Å²) in [5, 5.41) is 3.33. The van der Waals surface area contributed by atoms with Gasteiger partial charge in [0.1, 0.15) is 4.21 Å². The van der Waals surface area contributed by atoms with Crippen molar-refractivity contribution in [1.82, 2.24) is 9.62 Å². The van der Waals surface area contributed by atoms with Crippen molar-refractivity contribution >= 4 is 21.4 Å². The molecule has 122 valence electrons. The SMILES string of the molecule is CCCNCc1sc(S(=O)(=O)N(C)CCC(C)C)cc1C. The molecule has 1 N–H and O–H groups in total. The maximum absolute atomic E-state index is 12.6. The molecule has 0 spiro atoms. The Morgan fingerprint density at radius 2 is 2.05 bits per heavy atom. The van der Waals surface area contributed by atoms with Gasteiger partial charge in [-0.25, -0.2) is 12.7 Å². The van der Waals surface area contributed by atoms with Gasteiger partial charge in [-0.1, -0.05) is 20.8 Å². The lowest BCUT2D eigenvalue weighted by Crippen LogP contribution is -2.28. The zero-order chi connectivity index (χ0) is 16.0. The van der Waals surface area contributed by atoms with Crippen molar-refractivity contribution in [3.05, 3.63) is 16.5 Å². The molecule has 4 nitrogen and oxygen atoms in total. The zero-order valence-corrected chi connectivity index (χ0v) is 15.4. The van der Waals surface area contributed by atoms with Crippen LogP contribution in [0.5, 0.6) is 0 Å². The van der Waals surface area contributed by atoms with Crippen LogP contribution in [0, 0.1) is 12.8 Å². The lowest BCUT2D eigenvalue weighted by atomic mass is 10.1. The molecule has 0 bridgehead atoms. The molecule has 0 saturated carbocycles. The van der Waals surface area contributed by atoms with Crippen molar-refractivity contribution in [3.63, 3.8) is 0 Å². The highest BCUT2D eigenvalue weighted by Gasteiger charge is 2.23. The van der Waals surface area contributed by atoms with Crippen LogP contribution in [0.2, 0.25) is 0 Å². The van der Waals surface area contributed by atoms with E-state index in [-0.39, 0.29) is 0 Å². The molecule has 1 rings (SSSR count). The molecular weight excluding hydrogens is 304 g/mol. The molecule has 0 aliphatic rings. The number of hydrogen-bond acceptors (Lipinski definition) is 4. The lowest BCUT2D eigenvalue weighted by molar-refractivity contribution is 0.429. The van der Waals surface area contributed by atoms with Crippen LogP contribution in [0.4, 0.5) is 0 Å². The Hall–Kier alpha value is -0.430. The topological polar surface area (TPSA) is 49.4 Å². The second-order valence-electron chi connectivity index (χ2n) is 5.86. The Kier molecular flexibility index (Phi) is 7.33. The third-order valence-corrected chi connectivity index (χ3v) is 6.94. The molecule has 1 aromatic rings. The maximum Gasteiger partial charge on any atom is 0.252 e. The standard InChI is InChI=1S/C15H28N2O2S2/c1-6-8-16-11-14-13(4)10-15(20-14)21(18,19)17(5)9-7-12(2)3/h10,12,16H,6-9,11H2,1-5H3. The van der Waals surface area contributed by atoms with Crippen LogP contribution < -0.4 is 5.32 Å². The Morgan fingerprint density at radius 3 is 2.62 bits per heavy atom. The van der Waals surface area contributed by atoms with Crippen LogP contribution in [0.3, 0.4) is 0 Å². The van der Waals surface area contributed by atoms with Crippen molar-refractivity contribution < 1.29 is 8.42 Å². The third kappa shape index (κ3) is 5.36. The van der Waals surface area contributed by atoms with Gasteiger partial charge in [-0.2, -0.15) is 0 Å². The predicted molar refractivity (Wildman–Crippen MR) is 90.3 cm³/mol. The van der Waals surface area contributed by atoms with Gasteiger partial charge in [0, 0.05) is 25.0 Å². The van der Waals surface area contributed by atoms with E-state index in [1.165, 1.54) is 15.6 Å². The minimum atomic E-state index is -3.34. The average Bonchev–Trinajstić information content (AvgIpc) is 2.78. The van der Waals surface area contributed by atoms with E-state index in [4.69, 9.17) is 0 Å². The van der Waals surface area contributed by atoms with Crippen LogP contribution in [0.1, 0.15) is 44.1 Å². The maximum atomic E-state index is 12.6. The van der Waals surface area contributed by atoms with Crippen LogP contribution in [0.25, 0.3) is 0 Å². The molecule has 0 radical (unpaired) electrons. The third-order valence-electron chi connectivity index (χ3n) is 3.40. The van der Waals surface area contributed by atoms with Gasteiger partial charge in [-0.05, 0) is 43.9 Å². The molecule has 1 aromatic heterocycles. The summed E-state index contributed by atoms with van der Waals surface area (Å²) in [5.74, 6) is 0.501. The quantitative estimate of drug-likeness (QED) is 0.706. The van der Waals surface area contributed by atoms with E-state index in [9.17, 15) is 8.42 Å². The molecule has 21 heavy (non-hydrogen) atoms. The minimum absolute atomic E-state index is 0.458. The second-order valence-corrected chi connectivity index (χ2v) is 9.27. The normalized spacial score (nSPS) is 12.5. The van der Waals surface area contributed by atoms with Gasteiger partial charge in [-0.3, -0.25) is 0 Å². The monoisotopic (exact) mass is 332 g/mol. The Bertz CT molecular complexity index is 536. The number of aryl methyl sites for hydroxylation is 1. The fraction of sp³-hybridized carbons (Fsp3) is 0.733. The smallest absolute Gasteiger partial charge is 0.252 e. The summed E-state index contributed by atoms with van der Waals surface area (Å²) < 4.78 is 27.0. The van der Waals surface area contributed by atoms with Crippen LogP contribution in [-0.2, 0) is 16.6 Å². The van der Waals surface area contributed by atoms with Gasteiger partial charge in [0.15, 0.2) is 0 Å². The summed E-state index contributed by atoms with van der Waals surface area (Å²) >= 11 is 1.39. The van der Waals surface area contributed by atoms with Gasteiger partial charge in [-0.15, -0.1) is 11.3 Å². The van der Waals surface area contributed by atoms with E-state index >= 15 is 0 Å². The highest BCUT2D eigenvalue weighted by Crippen LogP contribution is 2.28. The Labute approximate surface area is 133 Å². The summed E-state index contributed by atoms with van der Waals surface area (Å²) in [6, 6.07) is 1.80. The Morgan fingerprint density at radius 1 is 1.38 bits per heavy atom. The molecule has 1 heterocycles.